The maximum absolute atomic E-state index is 14.0. The van der Waals surface area contributed by atoms with E-state index in [1.807, 2.05) is 12.1 Å². The number of carbonyl (C=O) groups excluding carboxylic acids is 1. The van der Waals surface area contributed by atoms with Crippen LogP contribution in [0.4, 0.5) is 4.39 Å². The molecule has 0 bridgehead atoms. The molecule has 1 amide bonds. The Kier molecular flexibility index (Phi) is 4.79. The second-order valence-electron chi connectivity index (χ2n) is 6.02. The fourth-order valence-corrected chi connectivity index (χ4v) is 4.28. The Bertz CT molecular complexity index is 894. The Labute approximate surface area is 154 Å². The number of aromatic nitrogens is 1. The average molecular weight is 372 g/mol. The molecule has 1 aliphatic rings. The molecule has 1 atom stereocenters. The largest absolute Gasteiger partial charge is 0.461 e. The zero-order valence-corrected chi connectivity index (χ0v) is 14.7. The van der Waals surface area contributed by atoms with E-state index >= 15 is 0 Å². The van der Waals surface area contributed by atoms with E-state index < -0.39 is 0 Å². The summed E-state index contributed by atoms with van der Waals surface area (Å²) in [4.78, 5) is 14.5. The Morgan fingerprint density at radius 2 is 2.08 bits per heavy atom. The highest BCUT2D eigenvalue weighted by Crippen LogP contribution is 2.36. The number of benzene rings is 1. The Balaban J connectivity index is 1.46. The lowest BCUT2D eigenvalue weighted by Crippen LogP contribution is -2.33. The number of thioether (sulfide) groups is 1. The first kappa shape index (κ1) is 16.9. The van der Waals surface area contributed by atoms with Crippen molar-refractivity contribution in [2.24, 2.45) is 0 Å². The summed E-state index contributed by atoms with van der Waals surface area (Å²) in [5.41, 5.74) is 0.957. The van der Waals surface area contributed by atoms with E-state index in [4.69, 9.17) is 8.94 Å². The smallest absolute Gasteiger partial charge is 0.276 e. The van der Waals surface area contributed by atoms with Crippen LogP contribution in [0.1, 0.15) is 27.7 Å². The van der Waals surface area contributed by atoms with Crippen LogP contribution in [-0.2, 0) is 0 Å². The molecule has 1 aliphatic heterocycles. The molecule has 26 heavy (non-hydrogen) atoms. The molecule has 3 heterocycles. The first-order valence-electron chi connectivity index (χ1n) is 8.38. The van der Waals surface area contributed by atoms with Gasteiger partial charge in [-0.1, -0.05) is 23.4 Å². The van der Waals surface area contributed by atoms with E-state index in [0.29, 0.717) is 36.6 Å². The molecule has 1 saturated heterocycles. The number of furan rings is 1. The van der Waals surface area contributed by atoms with Crippen LogP contribution in [-0.4, -0.2) is 34.8 Å². The second kappa shape index (κ2) is 7.37. The molecule has 0 N–H and O–H groups in total. The van der Waals surface area contributed by atoms with Crippen LogP contribution in [0.15, 0.2) is 57.7 Å². The topological polar surface area (TPSA) is 59.5 Å². The third-order valence-electron chi connectivity index (χ3n) is 4.37. The fraction of sp³-hybridized carbons (Fsp3) is 0.263. The predicted octanol–water partition coefficient (Wildman–Crippen LogP) is 4.39. The molecule has 0 saturated carbocycles. The van der Waals surface area contributed by atoms with Gasteiger partial charge in [0, 0.05) is 35.7 Å². The molecule has 1 fully saturated rings. The highest BCUT2D eigenvalue weighted by atomic mass is 32.2. The number of nitrogens with zero attached hydrogens (tertiary/aromatic N) is 2. The SMILES string of the molecule is O=C(c1cc(-c2ccco2)on1)N1CCSC(c2ccccc2F)CC1. The minimum Gasteiger partial charge on any atom is -0.461 e. The van der Waals surface area contributed by atoms with Gasteiger partial charge in [-0.3, -0.25) is 4.79 Å². The van der Waals surface area contributed by atoms with Crippen LogP contribution >= 0.6 is 11.8 Å². The number of carbonyl (C=O) groups is 1. The van der Waals surface area contributed by atoms with Gasteiger partial charge >= 0.3 is 0 Å². The Morgan fingerprint density at radius 3 is 2.88 bits per heavy atom. The lowest BCUT2D eigenvalue weighted by molar-refractivity contribution is 0.0756. The molecule has 1 aromatic carbocycles. The summed E-state index contributed by atoms with van der Waals surface area (Å²) in [6.45, 7) is 1.14. The number of hydrogen-bond acceptors (Lipinski definition) is 5. The van der Waals surface area contributed by atoms with Crippen LogP contribution in [0.5, 0.6) is 0 Å². The summed E-state index contributed by atoms with van der Waals surface area (Å²) in [6, 6.07) is 11.9. The molecule has 4 rings (SSSR count). The first-order valence-corrected chi connectivity index (χ1v) is 9.43. The number of amides is 1. The first-order chi connectivity index (χ1) is 12.7. The van der Waals surface area contributed by atoms with E-state index in [-0.39, 0.29) is 22.7 Å². The Hall–Kier alpha value is -2.54. The molecule has 0 radical (unpaired) electrons. The van der Waals surface area contributed by atoms with E-state index in [0.717, 1.165) is 5.75 Å². The van der Waals surface area contributed by atoms with Gasteiger partial charge in [-0.2, -0.15) is 11.8 Å². The minimum absolute atomic E-state index is 0.0463. The van der Waals surface area contributed by atoms with Crippen LogP contribution in [0.2, 0.25) is 0 Å². The maximum Gasteiger partial charge on any atom is 0.276 e. The third kappa shape index (κ3) is 3.39. The van der Waals surface area contributed by atoms with Crippen molar-refractivity contribution >= 4 is 17.7 Å². The molecular weight excluding hydrogens is 355 g/mol. The highest BCUT2D eigenvalue weighted by molar-refractivity contribution is 7.99. The number of rotatable bonds is 3. The van der Waals surface area contributed by atoms with Crippen molar-refractivity contribution in [2.45, 2.75) is 11.7 Å². The number of hydrogen-bond donors (Lipinski definition) is 0. The van der Waals surface area contributed by atoms with Gasteiger partial charge in [-0.05, 0) is 24.6 Å². The predicted molar refractivity (Wildman–Crippen MR) is 96.3 cm³/mol. The van der Waals surface area contributed by atoms with Gasteiger partial charge in [0.2, 0.25) is 5.76 Å². The summed E-state index contributed by atoms with van der Waals surface area (Å²) in [6.07, 6.45) is 2.23. The molecule has 5 nitrogen and oxygen atoms in total. The lowest BCUT2D eigenvalue weighted by Gasteiger charge is -2.19. The van der Waals surface area contributed by atoms with E-state index in [1.54, 1.807) is 40.9 Å². The Morgan fingerprint density at radius 1 is 1.19 bits per heavy atom. The summed E-state index contributed by atoms with van der Waals surface area (Å²) in [5, 5.41) is 3.92. The van der Waals surface area contributed by atoms with Gasteiger partial charge in [-0.15, -0.1) is 0 Å². The molecule has 0 spiro atoms. The fourth-order valence-electron chi connectivity index (χ4n) is 3.03. The van der Waals surface area contributed by atoms with Gasteiger partial charge in [0.05, 0.1) is 6.26 Å². The van der Waals surface area contributed by atoms with Crippen LogP contribution < -0.4 is 0 Å². The van der Waals surface area contributed by atoms with Crippen molar-refractivity contribution in [3.8, 4) is 11.5 Å². The zero-order valence-electron chi connectivity index (χ0n) is 13.9. The van der Waals surface area contributed by atoms with Crippen molar-refractivity contribution in [3.63, 3.8) is 0 Å². The van der Waals surface area contributed by atoms with E-state index in [1.165, 1.54) is 12.3 Å². The van der Waals surface area contributed by atoms with Crippen molar-refractivity contribution in [1.82, 2.24) is 10.1 Å². The van der Waals surface area contributed by atoms with Gasteiger partial charge < -0.3 is 13.8 Å². The third-order valence-corrected chi connectivity index (χ3v) is 5.68. The van der Waals surface area contributed by atoms with E-state index in [2.05, 4.69) is 5.16 Å². The van der Waals surface area contributed by atoms with Crippen molar-refractivity contribution < 1.29 is 18.1 Å². The molecule has 2 aromatic heterocycles. The summed E-state index contributed by atoms with van der Waals surface area (Å²) < 4.78 is 24.5. The van der Waals surface area contributed by atoms with Crippen molar-refractivity contribution in [3.05, 3.63) is 65.8 Å². The van der Waals surface area contributed by atoms with Gasteiger partial charge in [0.1, 0.15) is 5.82 Å². The average Bonchev–Trinajstić information content (AvgIpc) is 3.29. The molecule has 1 unspecified atom stereocenters. The molecule has 7 heteroatoms. The normalized spacial score (nSPS) is 17.9. The molecule has 3 aromatic rings. The minimum atomic E-state index is -0.190. The highest BCUT2D eigenvalue weighted by Gasteiger charge is 2.26. The van der Waals surface area contributed by atoms with Crippen LogP contribution in [0.3, 0.4) is 0 Å². The van der Waals surface area contributed by atoms with E-state index in [9.17, 15) is 9.18 Å². The van der Waals surface area contributed by atoms with Gasteiger partial charge in [-0.25, -0.2) is 4.39 Å². The second-order valence-corrected chi connectivity index (χ2v) is 7.33. The standard InChI is InChI=1S/C19H17FN2O3S/c20-14-5-2-1-4-13(14)18-7-8-22(9-11-26-18)19(23)15-12-17(25-21-15)16-6-3-10-24-16/h1-6,10,12,18H,7-9,11H2. The molecule has 0 aliphatic carbocycles. The van der Waals surface area contributed by atoms with Crippen molar-refractivity contribution in [2.75, 3.05) is 18.8 Å². The number of halogens is 1. The van der Waals surface area contributed by atoms with Gasteiger partial charge in [0.15, 0.2) is 11.5 Å². The van der Waals surface area contributed by atoms with Crippen LogP contribution in [0.25, 0.3) is 11.5 Å². The monoisotopic (exact) mass is 372 g/mol. The summed E-state index contributed by atoms with van der Waals surface area (Å²) in [5.74, 6) is 1.33. The summed E-state index contributed by atoms with van der Waals surface area (Å²) >= 11 is 1.68. The zero-order chi connectivity index (χ0) is 17.9. The quantitative estimate of drug-likeness (QED) is 0.682. The molecule has 134 valence electrons. The lowest BCUT2D eigenvalue weighted by atomic mass is 10.1. The molecular formula is C19H17FN2O3S. The maximum atomic E-state index is 14.0. The van der Waals surface area contributed by atoms with Crippen LogP contribution in [0, 0.1) is 5.82 Å². The summed E-state index contributed by atoms with van der Waals surface area (Å²) in [7, 11) is 0. The van der Waals surface area contributed by atoms with Gasteiger partial charge in [0.25, 0.3) is 5.91 Å². The van der Waals surface area contributed by atoms with Crippen molar-refractivity contribution in [1.29, 1.82) is 0 Å².